The molecule has 1 aromatic carbocycles. The van der Waals surface area contributed by atoms with Gasteiger partial charge in [-0.05, 0) is 62.9 Å². The minimum Gasteiger partial charge on any atom is -0.459 e. The van der Waals surface area contributed by atoms with Gasteiger partial charge in [-0.15, -0.1) is 0 Å². The van der Waals surface area contributed by atoms with E-state index in [-0.39, 0.29) is 30.2 Å². The van der Waals surface area contributed by atoms with Crippen LogP contribution in [-0.2, 0) is 11.3 Å². The third-order valence-corrected chi connectivity index (χ3v) is 6.81. The molecule has 2 N–H and O–H groups in total. The van der Waals surface area contributed by atoms with Crippen molar-refractivity contribution < 1.29 is 18.4 Å². The fraction of sp³-hybridized carbons (Fsp3) is 0.370. The highest BCUT2D eigenvalue weighted by Crippen LogP contribution is 2.27. The van der Waals surface area contributed by atoms with Crippen LogP contribution in [0, 0.1) is 37.9 Å². The molecule has 36 heavy (non-hydrogen) atoms. The molecule has 4 rings (SSSR count). The van der Waals surface area contributed by atoms with Crippen LogP contribution in [0.3, 0.4) is 0 Å². The van der Waals surface area contributed by atoms with E-state index in [0.717, 1.165) is 35.2 Å². The zero-order valence-electron chi connectivity index (χ0n) is 20.7. The molecule has 1 fully saturated rings. The smallest absolute Gasteiger partial charge is 0.287 e. The molecule has 0 aliphatic carbocycles. The van der Waals surface area contributed by atoms with Crippen molar-refractivity contribution in [3.05, 3.63) is 76.1 Å². The van der Waals surface area contributed by atoms with Gasteiger partial charge in [0, 0.05) is 36.9 Å². The maximum atomic E-state index is 13.3. The first-order valence-electron chi connectivity index (χ1n) is 12.0. The van der Waals surface area contributed by atoms with Crippen LogP contribution in [0.1, 0.15) is 51.3 Å². The highest BCUT2D eigenvalue weighted by Gasteiger charge is 2.25. The van der Waals surface area contributed by atoms with Crippen LogP contribution < -0.4 is 10.6 Å². The number of nitriles is 1. The largest absolute Gasteiger partial charge is 0.459 e. The minimum absolute atomic E-state index is 0.0183. The standard InChI is InChI=1S/C27H30FN5O3/c1-17-10-13-36-25(17)27(35)30-22-8-11-32(12-9-22)16-24(34)31-26-23(14-29)18(2)19(3)33(26)15-20-4-6-21(28)7-5-20/h4-7,10,13,22H,8-9,11-12,15-16H2,1-3H3,(H,30,35)(H,31,34). The Hall–Kier alpha value is -3.90. The fourth-order valence-electron chi connectivity index (χ4n) is 4.57. The second-order valence-electron chi connectivity index (χ2n) is 9.26. The van der Waals surface area contributed by atoms with Crippen molar-refractivity contribution in [3.8, 4) is 6.07 Å². The van der Waals surface area contributed by atoms with E-state index in [9.17, 15) is 19.2 Å². The molecule has 9 heteroatoms. The molecule has 1 aliphatic heterocycles. The molecule has 8 nitrogen and oxygen atoms in total. The molecule has 3 aromatic rings. The van der Waals surface area contributed by atoms with Crippen LogP contribution in [0.25, 0.3) is 0 Å². The number of carbonyl (C=O) groups excluding carboxylic acids is 2. The summed E-state index contributed by atoms with van der Waals surface area (Å²) in [5.74, 6) is 0.0466. The lowest BCUT2D eigenvalue weighted by Crippen LogP contribution is -2.46. The van der Waals surface area contributed by atoms with Crippen LogP contribution >= 0.6 is 0 Å². The molecule has 0 atom stereocenters. The number of nitrogens with one attached hydrogen (secondary N) is 2. The Balaban J connectivity index is 1.37. The van der Waals surface area contributed by atoms with Gasteiger partial charge in [-0.25, -0.2) is 4.39 Å². The first-order valence-corrected chi connectivity index (χ1v) is 12.0. The number of hydrogen-bond donors (Lipinski definition) is 2. The molecular weight excluding hydrogens is 461 g/mol. The molecule has 1 saturated heterocycles. The summed E-state index contributed by atoms with van der Waals surface area (Å²) < 4.78 is 20.5. The Bertz CT molecular complexity index is 1290. The van der Waals surface area contributed by atoms with Gasteiger partial charge in [0.25, 0.3) is 5.91 Å². The van der Waals surface area contributed by atoms with E-state index in [2.05, 4.69) is 16.7 Å². The third-order valence-electron chi connectivity index (χ3n) is 6.81. The Morgan fingerprint density at radius 3 is 2.44 bits per heavy atom. The Morgan fingerprint density at radius 1 is 1.14 bits per heavy atom. The predicted octanol–water partition coefficient (Wildman–Crippen LogP) is 3.90. The van der Waals surface area contributed by atoms with E-state index >= 15 is 0 Å². The number of halogens is 1. The average Bonchev–Trinajstić information content (AvgIpc) is 3.38. The van der Waals surface area contributed by atoms with Crippen molar-refractivity contribution in [3.63, 3.8) is 0 Å². The van der Waals surface area contributed by atoms with Gasteiger partial charge in [0.1, 0.15) is 17.7 Å². The molecular formula is C27H30FN5O3. The Labute approximate surface area is 209 Å². The van der Waals surface area contributed by atoms with Gasteiger partial charge < -0.3 is 19.6 Å². The number of hydrogen-bond acceptors (Lipinski definition) is 5. The van der Waals surface area contributed by atoms with Crippen LogP contribution in [-0.4, -0.2) is 47.0 Å². The van der Waals surface area contributed by atoms with Crippen molar-refractivity contribution in [2.45, 2.75) is 46.2 Å². The Morgan fingerprint density at radius 2 is 1.83 bits per heavy atom. The third kappa shape index (κ3) is 5.50. The zero-order valence-corrected chi connectivity index (χ0v) is 20.7. The summed E-state index contributed by atoms with van der Waals surface area (Å²) in [6, 6.07) is 10.2. The predicted molar refractivity (Wildman–Crippen MR) is 133 cm³/mol. The number of aromatic nitrogens is 1. The topological polar surface area (TPSA) is 103 Å². The van der Waals surface area contributed by atoms with E-state index in [1.54, 1.807) is 18.2 Å². The zero-order chi connectivity index (χ0) is 25.8. The van der Waals surface area contributed by atoms with Gasteiger partial charge in [-0.2, -0.15) is 5.26 Å². The van der Waals surface area contributed by atoms with E-state index < -0.39 is 0 Å². The SMILES string of the molecule is Cc1ccoc1C(=O)NC1CCN(CC(=O)Nc2c(C#N)c(C)c(C)n2Cc2ccc(F)cc2)CC1. The number of benzene rings is 1. The molecule has 0 unspecified atom stereocenters. The number of nitrogens with zero attached hydrogens (tertiary/aromatic N) is 3. The molecule has 1 aliphatic rings. The molecule has 188 valence electrons. The van der Waals surface area contributed by atoms with Gasteiger partial charge in [0.15, 0.2) is 5.76 Å². The second kappa shape index (κ2) is 10.8. The number of piperidine rings is 1. The number of likely N-dealkylation sites (tertiary alicyclic amines) is 1. The quantitative estimate of drug-likeness (QED) is 0.522. The summed E-state index contributed by atoms with van der Waals surface area (Å²) >= 11 is 0. The van der Waals surface area contributed by atoms with E-state index in [1.807, 2.05) is 30.2 Å². The number of aryl methyl sites for hydroxylation is 1. The van der Waals surface area contributed by atoms with Crippen molar-refractivity contribution in [1.29, 1.82) is 5.26 Å². The van der Waals surface area contributed by atoms with Gasteiger partial charge in [0.2, 0.25) is 5.91 Å². The number of rotatable bonds is 7. The molecule has 0 radical (unpaired) electrons. The van der Waals surface area contributed by atoms with Crippen molar-refractivity contribution in [2.24, 2.45) is 0 Å². The van der Waals surface area contributed by atoms with Crippen LogP contribution in [0.15, 0.2) is 41.0 Å². The molecule has 2 aromatic heterocycles. The first-order chi connectivity index (χ1) is 17.3. The molecule has 2 amide bonds. The highest BCUT2D eigenvalue weighted by molar-refractivity contribution is 5.93. The Kier molecular flexibility index (Phi) is 7.55. The van der Waals surface area contributed by atoms with Gasteiger partial charge in [-0.3, -0.25) is 14.5 Å². The summed E-state index contributed by atoms with van der Waals surface area (Å²) in [6.45, 7) is 7.50. The normalized spacial score (nSPS) is 14.4. The maximum Gasteiger partial charge on any atom is 0.287 e. The summed E-state index contributed by atoms with van der Waals surface area (Å²) in [5, 5.41) is 15.7. The lowest BCUT2D eigenvalue weighted by molar-refractivity contribution is -0.117. The number of furan rings is 1. The van der Waals surface area contributed by atoms with Crippen molar-refractivity contribution >= 4 is 17.6 Å². The summed E-state index contributed by atoms with van der Waals surface area (Å²) in [5.41, 5.74) is 3.77. The first kappa shape index (κ1) is 25.2. The van der Waals surface area contributed by atoms with Crippen LogP contribution in [0.4, 0.5) is 10.2 Å². The van der Waals surface area contributed by atoms with Crippen molar-refractivity contribution in [2.75, 3.05) is 25.0 Å². The van der Waals surface area contributed by atoms with Crippen LogP contribution in [0.2, 0.25) is 0 Å². The lowest BCUT2D eigenvalue weighted by Gasteiger charge is -2.31. The lowest BCUT2D eigenvalue weighted by atomic mass is 10.0. The van der Waals surface area contributed by atoms with E-state index in [4.69, 9.17) is 4.42 Å². The average molecular weight is 492 g/mol. The number of carbonyl (C=O) groups is 2. The minimum atomic E-state index is -0.315. The fourth-order valence-corrected chi connectivity index (χ4v) is 4.57. The number of anilines is 1. The number of amides is 2. The molecule has 0 bridgehead atoms. The van der Waals surface area contributed by atoms with Crippen LogP contribution in [0.5, 0.6) is 0 Å². The van der Waals surface area contributed by atoms with E-state index in [1.165, 1.54) is 18.4 Å². The van der Waals surface area contributed by atoms with Gasteiger partial charge >= 0.3 is 0 Å². The monoisotopic (exact) mass is 491 g/mol. The van der Waals surface area contributed by atoms with Gasteiger partial charge in [-0.1, -0.05) is 12.1 Å². The molecule has 0 saturated carbocycles. The van der Waals surface area contributed by atoms with Gasteiger partial charge in [0.05, 0.1) is 18.4 Å². The second-order valence-corrected chi connectivity index (χ2v) is 9.26. The highest BCUT2D eigenvalue weighted by atomic mass is 19.1. The summed E-state index contributed by atoms with van der Waals surface area (Å²) in [7, 11) is 0. The summed E-state index contributed by atoms with van der Waals surface area (Å²) in [4.78, 5) is 27.4. The molecule has 0 spiro atoms. The van der Waals surface area contributed by atoms with E-state index in [0.29, 0.717) is 36.8 Å². The summed E-state index contributed by atoms with van der Waals surface area (Å²) in [6.07, 6.45) is 2.95. The maximum absolute atomic E-state index is 13.3. The van der Waals surface area contributed by atoms with Crippen molar-refractivity contribution in [1.82, 2.24) is 14.8 Å². The molecule has 3 heterocycles.